The van der Waals surface area contributed by atoms with Crippen molar-refractivity contribution in [1.82, 2.24) is 4.98 Å². The summed E-state index contributed by atoms with van der Waals surface area (Å²) in [6.45, 7) is 0. The van der Waals surface area contributed by atoms with Crippen molar-refractivity contribution >= 4 is 22.4 Å². The third kappa shape index (κ3) is 2.83. The molecule has 20 heavy (non-hydrogen) atoms. The zero-order chi connectivity index (χ0) is 14.5. The molecule has 0 amide bonds. The van der Waals surface area contributed by atoms with Crippen LogP contribution in [0.2, 0.25) is 0 Å². The number of anilines is 1. The van der Waals surface area contributed by atoms with E-state index in [9.17, 15) is 4.79 Å². The van der Waals surface area contributed by atoms with Crippen LogP contribution in [0.3, 0.4) is 0 Å². The molecule has 0 radical (unpaired) electrons. The highest BCUT2D eigenvalue weighted by Crippen LogP contribution is 2.28. The molecule has 0 bridgehead atoms. The van der Waals surface area contributed by atoms with Gasteiger partial charge in [-0.3, -0.25) is 0 Å². The molecular weight excluding hydrogens is 280 g/mol. The molecule has 0 aliphatic rings. The fourth-order valence-corrected chi connectivity index (χ4v) is 2.33. The first-order valence-electron chi connectivity index (χ1n) is 5.71. The Morgan fingerprint density at radius 3 is 2.90 bits per heavy atom. The standard InChI is InChI=1S/C13H14N2O4S/c1-15(10(7-17-2)12(16)18-3)13-14-9(8-20-13)11-5-4-6-19-11/h4-8H,1-3H3. The number of esters is 1. The van der Waals surface area contributed by atoms with Crippen molar-refractivity contribution in [3.63, 3.8) is 0 Å². The van der Waals surface area contributed by atoms with E-state index in [0.717, 1.165) is 0 Å². The molecule has 0 N–H and O–H groups in total. The van der Waals surface area contributed by atoms with Crippen molar-refractivity contribution in [1.29, 1.82) is 0 Å². The van der Waals surface area contributed by atoms with Crippen LogP contribution in [0.25, 0.3) is 11.5 Å². The predicted molar refractivity (Wildman–Crippen MR) is 75.3 cm³/mol. The second-order valence-electron chi connectivity index (χ2n) is 3.78. The first-order valence-corrected chi connectivity index (χ1v) is 6.59. The Hall–Kier alpha value is -2.28. The highest BCUT2D eigenvalue weighted by atomic mass is 32.1. The van der Waals surface area contributed by atoms with Crippen LogP contribution < -0.4 is 4.90 Å². The molecule has 2 rings (SSSR count). The summed E-state index contributed by atoms with van der Waals surface area (Å²) in [5.41, 5.74) is 0.971. The molecule has 2 aromatic rings. The van der Waals surface area contributed by atoms with E-state index < -0.39 is 5.97 Å². The van der Waals surface area contributed by atoms with Crippen LogP contribution in [0.15, 0.2) is 40.2 Å². The minimum atomic E-state index is -0.496. The minimum absolute atomic E-state index is 0.260. The molecule has 7 heteroatoms. The van der Waals surface area contributed by atoms with Gasteiger partial charge in [0.1, 0.15) is 12.0 Å². The van der Waals surface area contributed by atoms with Gasteiger partial charge in [-0.25, -0.2) is 9.78 Å². The number of nitrogens with zero attached hydrogens (tertiary/aromatic N) is 2. The average molecular weight is 294 g/mol. The van der Waals surface area contributed by atoms with Gasteiger partial charge < -0.3 is 18.8 Å². The van der Waals surface area contributed by atoms with E-state index in [1.165, 1.54) is 31.8 Å². The largest absolute Gasteiger partial charge is 0.502 e. The van der Waals surface area contributed by atoms with E-state index in [4.69, 9.17) is 13.9 Å². The highest BCUT2D eigenvalue weighted by Gasteiger charge is 2.20. The maximum absolute atomic E-state index is 11.7. The molecule has 2 heterocycles. The molecule has 106 valence electrons. The first-order chi connectivity index (χ1) is 9.67. The minimum Gasteiger partial charge on any atom is -0.502 e. The molecule has 0 aromatic carbocycles. The lowest BCUT2D eigenvalue weighted by molar-refractivity contribution is -0.136. The van der Waals surface area contributed by atoms with Crippen molar-refractivity contribution in [3.05, 3.63) is 35.7 Å². The van der Waals surface area contributed by atoms with E-state index in [-0.39, 0.29) is 5.70 Å². The predicted octanol–water partition coefficient (Wildman–Crippen LogP) is 2.50. The molecule has 0 fully saturated rings. The van der Waals surface area contributed by atoms with Crippen molar-refractivity contribution in [2.75, 3.05) is 26.2 Å². The van der Waals surface area contributed by atoms with E-state index in [1.54, 1.807) is 24.3 Å². The van der Waals surface area contributed by atoms with Gasteiger partial charge in [-0.15, -0.1) is 11.3 Å². The van der Waals surface area contributed by atoms with Crippen LogP contribution in [0.4, 0.5) is 5.13 Å². The number of rotatable bonds is 5. The normalized spacial score (nSPS) is 11.2. The van der Waals surface area contributed by atoms with Gasteiger partial charge in [0.2, 0.25) is 0 Å². The smallest absolute Gasteiger partial charge is 0.357 e. The van der Waals surface area contributed by atoms with E-state index in [1.807, 2.05) is 11.4 Å². The quantitative estimate of drug-likeness (QED) is 0.479. The van der Waals surface area contributed by atoms with E-state index >= 15 is 0 Å². The monoisotopic (exact) mass is 294 g/mol. The topological polar surface area (TPSA) is 64.8 Å². The highest BCUT2D eigenvalue weighted by molar-refractivity contribution is 7.14. The summed E-state index contributed by atoms with van der Waals surface area (Å²) in [6, 6.07) is 3.62. The summed E-state index contributed by atoms with van der Waals surface area (Å²) in [6.07, 6.45) is 2.91. The number of aromatic nitrogens is 1. The Kier molecular flexibility index (Phi) is 4.41. The molecule has 0 atom stereocenters. The lowest BCUT2D eigenvalue weighted by atomic mass is 10.4. The van der Waals surface area contributed by atoms with Crippen LogP contribution in [-0.2, 0) is 14.3 Å². The van der Waals surface area contributed by atoms with Gasteiger partial charge in [-0.2, -0.15) is 0 Å². The molecule has 2 aromatic heterocycles. The summed E-state index contributed by atoms with van der Waals surface area (Å²) >= 11 is 1.39. The zero-order valence-corrected chi connectivity index (χ0v) is 12.1. The Labute approximate surface area is 120 Å². The zero-order valence-electron chi connectivity index (χ0n) is 11.3. The van der Waals surface area contributed by atoms with Crippen molar-refractivity contribution < 1.29 is 18.7 Å². The van der Waals surface area contributed by atoms with Gasteiger partial charge in [0.05, 0.1) is 20.5 Å². The Morgan fingerprint density at radius 2 is 2.30 bits per heavy atom. The summed E-state index contributed by atoms with van der Waals surface area (Å²) in [7, 11) is 4.50. The van der Waals surface area contributed by atoms with E-state index in [0.29, 0.717) is 16.6 Å². The summed E-state index contributed by atoms with van der Waals surface area (Å²) in [5, 5.41) is 2.48. The Bertz CT molecular complexity index is 604. The molecule has 0 spiro atoms. The maximum Gasteiger partial charge on any atom is 0.357 e. The van der Waals surface area contributed by atoms with Gasteiger partial charge in [0, 0.05) is 12.4 Å². The number of carbonyl (C=O) groups excluding carboxylic acids is 1. The molecule has 0 saturated heterocycles. The number of likely N-dealkylation sites (N-methyl/N-ethyl adjacent to an activating group) is 1. The van der Waals surface area contributed by atoms with E-state index in [2.05, 4.69) is 4.98 Å². The van der Waals surface area contributed by atoms with Crippen LogP contribution >= 0.6 is 11.3 Å². The van der Waals surface area contributed by atoms with Gasteiger partial charge in [-0.1, -0.05) is 0 Å². The van der Waals surface area contributed by atoms with Crippen molar-refractivity contribution in [3.8, 4) is 11.5 Å². The summed E-state index contributed by atoms with van der Waals surface area (Å²) in [5.74, 6) is 0.181. The molecule has 0 aliphatic heterocycles. The fraction of sp³-hybridized carbons (Fsp3) is 0.231. The molecule has 0 saturated carbocycles. The maximum atomic E-state index is 11.7. The van der Waals surface area contributed by atoms with Gasteiger partial charge in [0.15, 0.2) is 16.6 Å². The number of methoxy groups -OCH3 is 2. The van der Waals surface area contributed by atoms with Crippen LogP contribution in [0, 0.1) is 0 Å². The number of thiazole rings is 1. The Balaban J connectivity index is 2.26. The van der Waals surface area contributed by atoms with Crippen LogP contribution in [0.5, 0.6) is 0 Å². The average Bonchev–Trinajstić information content (AvgIpc) is 3.12. The van der Waals surface area contributed by atoms with Crippen LogP contribution in [0.1, 0.15) is 0 Å². The number of ether oxygens (including phenoxy) is 2. The van der Waals surface area contributed by atoms with Crippen molar-refractivity contribution in [2.45, 2.75) is 0 Å². The lowest BCUT2D eigenvalue weighted by Crippen LogP contribution is -2.24. The fourth-order valence-electron chi connectivity index (χ4n) is 1.54. The molecule has 6 nitrogen and oxygen atoms in total. The number of furan rings is 1. The second kappa shape index (κ2) is 6.25. The SMILES string of the molecule is COC=C(C(=O)OC)N(C)c1nc(-c2ccco2)cs1. The van der Waals surface area contributed by atoms with Gasteiger partial charge >= 0.3 is 5.97 Å². The van der Waals surface area contributed by atoms with Crippen molar-refractivity contribution in [2.24, 2.45) is 0 Å². The number of hydrogen-bond donors (Lipinski definition) is 0. The molecule has 0 aliphatic carbocycles. The van der Waals surface area contributed by atoms with Gasteiger partial charge in [-0.05, 0) is 12.1 Å². The lowest BCUT2D eigenvalue weighted by Gasteiger charge is -2.16. The second-order valence-corrected chi connectivity index (χ2v) is 4.62. The number of carbonyl (C=O) groups is 1. The van der Waals surface area contributed by atoms with Gasteiger partial charge in [0.25, 0.3) is 0 Å². The summed E-state index contributed by atoms with van der Waals surface area (Å²) in [4.78, 5) is 17.7. The summed E-state index contributed by atoms with van der Waals surface area (Å²) < 4.78 is 14.9. The molecular formula is C13H14N2O4S. The number of hydrogen-bond acceptors (Lipinski definition) is 7. The Morgan fingerprint density at radius 1 is 1.50 bits per heavy atom. The first kappa shape index (κ1) is 14.1. The third-order valence-electron chi connectivity index (χ3n) is 2.54. The molecule has 0 unspecified atom stereocenters. The third-order valence-corrected chi connectivity index (χ3v) is 3.46. The van der Waals surface area contributed by atoms with Crippen LogP contribution in [-0.4, -0.2) is 32.2 Å².